The first-order valence-corrected chi connectivity index (χ1v) is 8.50. The van der Waals surface area contributed by atoms with Gasteiger partial charge in [0.05, 0.1) is 9.79 Å². The Bertz CT molecular complexity index is 784. The Morgan fingerprint density at radius 3 is 1.59 bits per heavy atom. The quantitative estimate of drug-likeness (QED) is 0.539. The van der Waals surface area contributed by atoms with Gasteiger partial charge in [-0.15, -0.1) is 0 Å². The van der Waals surface area contributed by atoms with Crippen LogP contribution < -0.4 is 29.6 Å². The molecule has 0 aliphatic heterocycles. The third kappa shape index (κ3) is 7.50. The molecule has 2 aromatic carbocycles. The molecule has 2 aromatic rings. The zero-order valence-corrected chi connectivity index (χ0v) is 15.6. The smallest absolute Gasteiger partial charge is 0.744 e. The number of hydrogen-bond donors (Lipinski definition) is 1. The molecule has 0 unspecified atom stereocenters. The summed E-state index contributed by atoms with van der Waals surface area (Å²) in [6, 6.07) is 13.2. The van der Waals surface area contributed by atoms with Gasteiger partial charge < -0.3 is 4.55 Å². The Morgan fingerprint density at radius 2 is 1.27 bits per heavy atom. The summed E-state index contributed by atoms with van der Waals surface area (Å²) in [7, 11) is -8.27. The minimum absolute atomic E-state index is 0. The van der Waals surface area contributed by atoms with E-state index < -0.39 is 20.2 Å². The number of aryl methyl sites for hydroxylation is 1. The number of rotatable bonds is 2. The Morgan fingerprint density at radius 1 is 0.818 bits per heavy atom. The summed E-state index contributed by atoms with van der Waals surface area (Å²) in [6.45, 7) is 1.82. The summed E-state index contributed by atoms with van der Waals surface area (Å²) in [5.41, 5.74) is 0.928. The molecule has 0 bridgehead atoms. The maximum atomic E-state index is 10.4. The molecule has 0 saturated carbocycles. The van der Waals surface area contributed by atoms with Crippen LogP contribution in [-0.4, -0.2) is 25.9 Å². The van der Waals surface area contributed by atoms with Crippen molar-refractivity contribution < 1.29 is 55.5 Å². The van der Waals surface area contributed by atoms with Gasteiger partial charge in [0, 0.05) is 0 Å². The van der Waals surface area contributed by atoms with Gasteiger partial charge in [-0.05, 0) is 31.2 Å². The maximum absolute atomic E-state index is 10.4. The van der Waals surface area contributed by atoms with E-state index in [-0.39, 0.29) is 39.3 Å². The molecule has 2 rings (SSSR count). The fourth-order valence-corrected chi connectivity index (χ4v) is 2.27. The van der Waals surface area contributed by atoms with Crippen molar-refractivity contribution in [3.05, 3.63) is 60.2 Å². The van der Waals surface area contributed by atoms with Crippen LogP contribution in [0.1, 0.15) is 5.56 Å². The second-order valence-electron chi connectivity index (χ2n) is 4.06. The Hall–Kier alpha value is -0.740. The van der Waals surface area contributed by atoms with Gasteiger partial charge in [0.25, 0.3) is 10.1 Å². The van der Waals surface area contributed by atoms with E-state index in [2.05, 4.69) is 0 Å². The maximum Gasteiger partial charge on any atom is 1.00 e. The van der Waals surface area contributed by atoms with Gasteiger partial charge >= 0.3 is 29.6 Å². The molecule has 0 aromatic heterocycles. The van der Waals surface area contributed by atoms with E-state index in [4.69, 9.17) is 4.55 Å². The fraction of sp³-hybridized carbons (Fsp3) is 0.0769. The first-order chi connectivity index (χ1) is 9.60. The molecule has 6 nitrogen and oxygen atoms in total. The van der Waals surface area contributed by atoms with Gasteiger partial charge in [-0.2, -0.15) is 8.42 Å². The van der Waals surface area contributed by atoms with Gasteiger partial charge in [0.2, 0.25) is 0 Å². The predicted octanol–water partition coefficient (Wildman–Crippen LogP) is -1.16. The molecule has 0 aliphatic carbocycles. The normalized spacial score (nSPS) is 10.9. The van der Waals surface area contributed by atoms with E-state index in [1.54, 1.807) is 30.3 Å². The fourth-order valence-electron chi connectivity index (χ4n) is 1.30. The van der Waals surface area contributed by atoms with Crippen LogP contribution in [0.15, 0.2) is 64.4 Å². The SMILES string of the molecule is Cc1ccc(S(=O)(=O)[O-])cc1.O=S(=O)(O)c1ccccc1.[Na+]. The second-order valence-corrected chi connectivity index (χ2v) is 6.86. The van der Waals surface area contributed by atoms with E-state index in [0.717, 1.165) is 5.56 Å². The molecule has 0 fully saturated rings. The number of benzene rings is 2. The third-order valence-corrected chi connectivity index (χ3v) is 4.07. The van der Waals surface area contributed by atoms with Gasteiger partial charge in [-0.1, -0.05) is 35.9 Å². The molecule has 114 valence electrons. The summed E-state index contributed by atoms with van der Waals surface area (Å²) < 4.78 is 60.4. The molecule has 0 heterocycles. The topological polar surface area (TPSA) is 112 Å². The van der Waals surface area contributed by atoms with Crippen molar-refractivity contribution in [1.29, 1.82) is 0 Å². The molecule has 0 aliphatic rings. The minimum atomic E-state index is -4.27. The van der Waals surface area contributed by atoms with Crippen LogP contribution >= 0.6 is 0 Å². The van der Waals surface area contributed by atoms with Crippen LogP contribution in [-0.2, 0) is 20.2 Å². The largest absolute Gasteiger partial charge is 1.00 e. The molecule has 0 saturated heterocycles. The zero-order valence-electron chi connectivity index (χ0n) is 12.0. The molecule has 0 amide bonds. The summed E-state index contributed by atoms with van der Waals surface area (Å²) >= 11 is 0. The van der Waals surface area contributed by atoms with E-state index in [9.17, 15) is 21.4 Å². The monoisotopic (exact) mass is 352 g/mol. The Balaban J connectivity index is 0.000000385. The average molecular weight is 352 g/mol. The van der Waals surface area contributed by atoms with Gasteiger partial charge in [-0.3, -0.25) is 4.55 Å². The molecular formula is C13H13NaO6S2. The predicted molar refractivity (Wildman–Crippen MR) is 75.4 cm³/mol. The third-order valence-electron chi connectivity index (χ3n) is 2.35. The second kappa shape index (κ2) is 8.78. The summed E-state index contributed by atoms with van der Waals surface area (Å²) in [5, 5.41) is 0. The van der Waals surface area contributed by atoms with E-state index in [1.807, 2.05) is 6.92 Å². The van der Waals surface area contributed by atoms with Gasteiger partial charge in [-0.25, -0.2) is 8.42 Å². The van der Waals surface area contributed by atoms with Gasteiger partial charge in [0.15, 0.2) is 0 Å². The summed E-state index contributed by atoms with van der Waals surface area (Å²) in [5.74, 6) is 0. The van der Waals surface area contributed by atoms with Crippen molar-refractivity contribution in [2.45, 2.75) is 16.7 Å². The van der Waals surface area contributed by atoms with Crippen LogP contribution in [0.2, 0.25) is 0 Å². The van der Waals surface area contributed by atoms with E-state index >= 15 is 0 Å². The zero-order chi connectivity index (χ0) is 16.1. The molecular weight excluding hydrogens is 339 g/mol. The summed E-state index contributed by atoms with van der Waals surface area (Å²) in [4.78, 5) is -0.252. The van der Waals surface area contributed by atoms with Crippen LogP contribution in [0, 0.1) is 6.92 Å². The van der Waals surface area contributed by atoms with Crippen molar-refractivity contribution in [2.75, 3.05) is 0 Å². The standard InChI is InChI=1S/C7H8O3S.C6H6O3S.Na/c1-6-2-4-7(5-3-6)11(8,9)10;7-10(8,9)6-4-2-1-3-5-6;/h2-5H,1H3,(H,8,9,10);1-5H,(H,7,8,9);/q;;+1/p-1. The molecule has 1 N–H and O–H groups in total. The first-order valence-electron chi connectivity index (χ1n) is 5.66. The van der Waals surface area contributed by atoms with Crippen LogP contribution in [0.25, 0.3) is 0 Å². The van der Waals surface area contributed by atoms with Crippen LogP contribution in [0.3, 0.4) is 0 Å². The van der Waals surface area contributed by atoms with Crippen LogP contribution in [0.5, 0.6) is 0 Å². The van der Waals surface area contributed by atoms with Gasteiger partial charge in [0.1, 0.15) is 10.1 Å². The molecule has 0 atom stereocenters. The van der Waals surface area contributed by atoms with Crippen molar-refractivity contribution in [3.8, 4) is 0 Å². The van der Waals surface area contributed by atoms with Crippen molar-refractivity contribution in [3.63, 3.8) is 0 Å². The molecule has 22 heavy (non-hydrogen) atoms. The van der Waals surface area contributed by atoms with E-state index in [1.165, 1.54) is 24.3 Å². The van der Waals surface area contributed by atoms with Crippen LogP contribution in [0.4, 0.5) is 0 Å². The molecule has 0 radical (unpaired) electrons. The van der Waals surface area contributed by atoms with Crippen molar-refractivity contribution in [1.82, 2.24) is 0 Å². The minimum Gasteiger partial charge on any atom is -0.744 e. The Labute approximate surface area is 152 Å². The first kappa shape index (κ1) is 21.3. The van der Waals surface area contributed by atoms with Crippen molar-refractivity contribution >= 4 is 20.2 Å². The Kier molecular flexibility index (Phi) is 8.48. The number of hydrogen-bond acceptors (Lipinski definition) is 5. The molecule has 9 heteroatoms. The molecule has 0 spiro atoms. The van der Waals surface area contributed by atoms with Crippen molar-refractivity contribution in [2.24, 2.45) is 0 Å². The van der Waals surface area contributed by atoms with E-state index in [0.29, 0.717) is 0 Å². The summed E-state index contributed by atoms with van der Waals surface area (Å²) in [6.07, 6.45) is 0. The average Bonchev–Trinajstić information content (AvgIpc) is 2.39.